The van der Waals surface area contributed by atoms with Crippen LogP contribution in [0.2, 0.25) is 0 Å². The Morgan fingerprint density at radius 2 is 1.85 bits per heavy atom. The van der Waals surface area contributed by atoms with E-state index in [9.17, 15) is 22.4 Å². The van der Waals surface area contributed by atoms with Crippen LogP contribution in [-0.2, 0) is 11.3 Å². The van der Waals surface area contributed by atoms with E-state index in [1.807, 2.05) is 0 Å². The van der Waals surface area contributed by atoms with Gasteiger partial charge in [-0.15, -0.1) is 0 Å². The first kappa shape index (κ1) is 14.0. The number of halogens is 4. The molecule has 1 aromatic heterocycles. The number of carbonyl (C=O) groups excluding carboxylic acids is 1. The van der Waals surface area contributed by atoms with E-state index in [1.54, 1.807) is 5.32 Å². The molecule has 0 aliphatic rings. The zero-order valence-electron chi connectivity index (χ0n) is 9.99. The van der Waals surface area contributed by atoms with Crippen molar-refractivity contribution in [3.63, 3.8) is 0 Å². The van der Waals surface area contributed by atoms with Crippen LogP contribution in [0.25, 0.3) is 0 Å². The van der Waals surface area contributed by atoms with Crippen LogP contribution in [0.3, 0.4) is 0 Å². The Bertz CT molecular complexity index is 604. The van der Waals surface area contributed by atoms with Crippen LogP contribution in [0, 0.1) is 5.82 Å². The van der Waals surface area contributed by atoms with Crippen LogP contribution in [0.15, 0.2) is 36.5 Å². The molecule has 8 heteroatoms. The van der Waals surface area contributed by atoms with E-state index in [2.05, 4.69) is 5.10 Å². The molecule has 0 atom stereocenters. The Hall–Kier alpha value is -2.38. The van der Waals surface area contributed by atoms with Gasteiger partial charge in [-0.2, -0.15) is 18.3 Å². The first-order chi connectivity index (χ1) is 9.34. The molecular formula is C12H9F4N3O. The molecule has 1 heterocycles. The first-order valence-electron chi connectivity index (χ1n) is 5.51. The Balaban J connectivity index is 2.02. The highest BCUT2D eigenvalue weighted by Gasteiger charge is 2.39. The molecule has 0 aliphatic heterocycles. The molecule has 1 N–H and O–H groups in total. The maximum atomic E-state index is 12.7. The summed E-state index contributed by atoms with van der Waals surface area (Å²) in [5, 5.41) is 5.41. The number of benzene rings is 1. The number of hydrogen-bond acceptors (Lipinski definition) is 2. The van der Waals surface area contributed by atoms with E-state index in [-0.39, 0.29) is 18.2 Å². The minimum absolute atomic E-state index is 0.200. The van der Waals surface area contributed by atoms with Crippen LogP contribution >= 0.6 is 0 Å². The molecule has 2 aromatic rings. The maximum Gasteiger partial charge on any atom is 0.471 e. The van der Waals surface area contributed by atoms with Crippen molar-refractivity contribution in [1.29, 1.82) is 0 Å². The largest absolute Gasteiger partial charge is 0.471 e. The lowest BCUT2D eigenvalue weighted by molar-refractivity contribution is -0.167. The van der Waals surface area contributed by atoms with Crippen molar-refractivity contribution in [2.24, 2.45) is 0 Å². The first-order valence-corrected chi connectivity index (χ1v) is 5.51. The number of nitrogens with zero attached hydrogens (tertiary/aromatic N) is 2. The molecule has 4 nitrogen and oxygen atoms in total. The van der Waals surface area contributed by atoms with Gasteiger partial charge in [0.05, 0.1) is 6.54 Å². The van der Waals surface area contributed by atoms with Gasteiger partial charge in [-0.1, -0.05) is 12.1 Å². The monoisotopic (exact) mass is 287 g/mol. The molecule has 1 aromatic carbocycles. The van der Waals surface area contributed by atoms with Crippen LogP contribution < -0.4 is 5.32 Å². The average molecular weight is 287 g/mol. The zero-order chi connectivity index (χ0) is 14.8. The average Bonchev–Trinajstić information content (AvgIpc) is 2.78. The second-order valence-corrected chi connectivity index (χ2v) is 3.98. The van der Waals surface area contributed by atoms with Crippen molar-refractivity contribution < 1.29 is 22.4 Å². The number of rotatable bonds is 3. The molecule has 0 bridgehead atoms. The third kappa shape index (κ3) is 3.56. The second kappa shape index (κ2) is 5.32. The highest BCUT2D eigenvalue weighted by molar-refractivity contribution is 5.94. The summed E-state index contributed by atoms with van der Waals surface area (Å²) in [6, 6.07) is 6.85. The summed E-state index contributed by atoms with van der Waals surface area (Å²) in [5.41, 5.74) is 0.725. The summed E-state index contributed by atoms with van der Waals surface area (Å²) in [5.74, 6) is -2.66. The molecule has 106 valence electrons. The van der Waals surface area contributed by atoms with E-state index < -0.39 is 12.1 Å². The summed E-state index contributed by atoms with van der Waals surface area (Å²) in [6.07, 6.45) is -3.55. The minimum atomic E-state index is -4.96. The van der Waals surface area contributed by atoms with Gasteiger partial charge in [-0.25, -0.2) is 4.39 Å². The topological polar surface area (TPSA) is 46.9 Å². The third-order valence-electron chi connectivity index (χ3n) is 2.40. The van der Waals surface area contributed by atoms with Crippen molar-refractivity contribution >= 4 is 11.7 Å². The molecule has 20 heavy (non-hydrogen) atoms. The number of anilines is 1. The van der Waals surface area contributed by atoms with E-state index in [0.717, 1.165) is 5.56 Å². The lowest BCUT2D eigenvalue weighted by atomic mass is 10.2. The molecule has 1 amide bonds. The molecule has 0 aliphatic carbocycles. The van der Waals surface area contributed by atoms with E-state index in [1.165, 1.54) is 41.2 Å². The van der Waals surface area contributed by atoms with Crippen molar-refractivity contribution in [2.75, 3.05) is 5.32 Å². The van der Waals surface area contributed by atoms with Crippen LogP contribution in [-0.4, -0.2) is 21.9 Å². The number of nitrogens with one attached hydrogen (secondary N) is 1. The smallest absolute Gasteiger partial charge is 0.301 e. The number of hydrogen-bond donors (Lipinski definition) is 1. The molecule has 0 unspecified atom stereocenters. The molecule has 0 saturated heterocycles. The van der Waals surface area contributed by atoms with E-state index in [4.69, 9.17) is 0 Å². The normalized spacial score (nSPS) is 11.4. The van der Waals surface area contributed by atoms with Gasteiger partial charge in [0, 0.05) is 12.3 Å². The number of aromatic nitrogens is 2. The lowest BCUT2D eigenvalue weighted by Gasteiger charge is -2.05. The van der Waals surface area contributed by atoms with Gasteiger partial charge in [0.2, 0.25) is 0 Å². The molecule has 0 saturated carbocycles. The fraction of sp³-hybridized carbons (Fsp3) is 0.167. The van der Waals surface area contributed by atoms with E-state index >= 15 is 0 Å². The quantitative estimate of drug-likeness (QED) is 0.882. The predicted octanol–water partition coefficient (Wildman–Crippen LogP) is 2.57. The predicted molar refractivity (Wildman–Crippen MR) is 62.4 cm³/mol. The van der Waals surface area contributed by atoms with Gasteiger partial charge in [-0.05, 0) is 17.7 Å². The number of alkyl halides is 3. The Kier molecular flexibility index (Phi) is 3.73. The Morgan fingerprint density at radius 3 is 2.45 bits per heavy atom. The fourth-order valence-electron chi connectivity index (χ4n) is 1.48. The Morgan fingerprint density at radius 1 is 1.20 bits per heavy atom. The van der Waals surface area contributed by atoms with Crippen LogP contribution in [0.5, 0.6) is 0 Å². The highest BCUT2D eigenvalue weighted by Crippen LogP contribution is 2.17. The zero-order valence-corrected chi connectivity index (χ0v) is 9.99. The molecule has 0 fully saturated rings. The summed E-state index contributed by atoms with van der Waals surface area (Å²) < 4.78 is 50.2. The van der Waals surface area contributed by atoms with Gasteiger partial charge >= 0.3 is 12.1 Å². The van der Waals surface area contributed by atoms with Crippen molar-refractivity contribution in [3.8, 4) is 0 Å². The van der Waals surface area contributed by atoms with Crippen LogP contribution in [0.4, 0.5) is 23.4 Å². The van der Waals surface area contributed by atoms with Gasteiger partial charge in [-0.3, -0.25) is 9.48 Å². The SMILES string of the molecule is O=C(Nc1ccn(Cc2ccc(F)cc2)n1)C(F)(F)F. The van der Waals surface area contributed by atoms with Gasteiger partial charge in [0.15, 0.2) is 5.82 Å². The standard InChI is InChI=1S/C12H9F4N3O/c13-9-3-1-8(2-4-9)7-19-6-5-10(18-19)17-11(20)12(14,15)16/h1-6H,7H2,(H,17,18,20). The number of amides is 1. The van der Waals surface area contributed by atoms with Gasteiger partial charge < -0.3 is 5.32 Å². The summed E-state index contributed by atoms with van der Waals surface area (Å²) >= 11 is 0. The van der Waals surface area contributed by atoms with Crippen LogP contribution in [0.1, 0.15) is 5.56 Å². The Labute approximate surface area is 111 Å². The van der Waals surface area contributed by atoms with Gasteiger partial charge in [0.25, 0.3) is 0 Å². The summed E-state index contributed by atoms with van der Waals surface area (Å²) in [6.45, 7) is 0.252. The lowest BCUT2D eigenvalue weighted by Crippen LogP contribution is -2.30. The summed E-state index contributed by atoms with van der Waals surface area (Å²) in [4.78, 5) is 10.7. The molecule has 0 spiro atoms. The molecule has 2 rings (SSSR count). The maximum absolute atomic E-state index is 12.7. The highest BCUT2D eigenvalue weighted by atomic mass is 19.4. The van der Waals surface area contributed by atoms with Crippen molar-refractivity contribution in [1.82, 2.24) is 9.78 Å². The van der Waals surface area contributed by atoms with Crippen molar-refractivity contribution in [3.05, 3.63) is 47.9 Å². The van der Waals surface area contributed by atoms with E-state index in [0.29, 0.717) is 0 Å². The molecular weight excluding hydrogens is 278 g/mol. The minimum Gasteiger partial charge on any atom is -0.301 e. The summed E-state index contributed by atoms with van der Waals surface area (Å²) in [7, 11) is 0. The second-order valence-electron chi connectivity index (χ2n) is 3.98. The number of carbonyl (C=O) groups is 1. The van der Waals surface area contributed by atoms with Crippen molar-refractivity contribution in [2.45, 2.75) is 12.7 Å². The fourth-order valence-corrected chi connectivity index (χ4v) is 1.48. The third-order valence-corrected chi connectivity index (χ3v) is 2.40. The molecule has 0 radical (unpaired) electrons. The van der Waals surface area contributed by atoms with Gasteiger partial charge in [0.1, 0.15) is 5.82 Å².